The van der Waals surface area contributed by atoms with Crippen LogP contribution in [-0.4, -0.2) is 59.8 Å². The number of carbonyl (C=O) groups is 2. The van der Waals surface area contributed by atoms with Crippen LogP contribution in [0.5, 0.6) is 0 Å². The minimum atomic E-state index is -1.13. The molecule has 2 amide bonds. The van der Waals surface area contributed by atoms with Gasteiger partial charge in [0.1, 0.15) is 5.52 Å². The zero-order valence-corrected chi connectivity index (χ0v) is 27.2. The average molecular weight is 627 g/mol. The van der Waals surface area contributed by atoms with Crippen LogP contribution in [0.25, 0.3) is 22.3 Å². The molecule has 1 aliphatic heterocycles. The molecule has 10 nitrogen and oxygen atoms in total. The predicted octanol–water partition coefficient (Wildman–Crippen LogP) is 4.93. The van der Waals surface area contributed by atoms with E-state index in [4.69, 9.17) is 0 Å². The van der Waals surface area contributed by atoms with Gasteiger partial charge in [-0.1, -0.05) is 87.7 Å². The molecule has 0 radical (unpaired) electrons. The molecule has 244 valence electrons. The van der Waals surface area contributed by atoms with E-state index in [9.17, 15) is 19.5 Å². The summed E-state index contributed by atoms with van der Waals surface area (Å²) in [5, 5.41) is 18.9. The molecule has 0 bridgehead atoms. The third-order valence-corrected chi connectivity index (χ3v) is 9.15. The normalized spacial score (nSPS) is 15.2. The van der Waals surface area contributed by atoms with Crippen molar-refractivity contribution in [2.45, 2.75) is 89.8 Å². The SMILES string of the molecule is CCCCCCC(=O)NCc1ccc(-c2c3ncn(CC4(O)CCN(C(=O)C[C@@H](C)c5ccccc5)CC4)c(=O)c3nn2C)cc1. The molecule has 1 aliphatic rings. The van der Waals surface area contributed by atoms with Gasteiger partial charge >= 0.3 is 0 Å². The van der Waals surface area contributed by atoms with E-state index in [0.29, 0.717) is 50.8 Å². The van der Waals surface area contributed by atoms with Crippen LogP contribution in [0.15, 0.2) is 65.7 Å². The van der Waals surface area contributed by atoms with E-state index in [2.05, 4.69) is 29.2 Å². The fourth-order valence-electron chi connectivity index (χ4n) is 6.25. The van der Waals surface area contributed by atoms with Gasteiger partial charge in [-0.15, -0.1) is 0 Å². The van der Waals surface area contributed by atoms with Gasteiger partial charge in [-0.05, 0) is 36.3 Å². The molecule has 2 N–H and O–H groups in total. The van der Waals surface area contributed by atoms with Crippen molar-refractivity contribution >= 4 is 22.8 Å². The van der Waals surface area contributed by atoms with Crippen molar-refractivity contribution in [2.75, 3.05) is 13.1 Å². The van der Waals surface area contributed by atoms with Crippen LogP contribution < -0.4 is 10.9 Å². The molecule has 1 atom stereocenters. The van der Waals surface area contributed by atoms with Crippen LogP contribution >= 0.6 is 0 Å². The number of aromatic nitrogens is 4. The van der Waals surface area contributed by atoms with E-state index < -0.39 is 5.60 Å². The summed E-state index contributed by atoms with van der Waals surface area (Å²) >= 11 is 0. The lowest BCUT2D eigenvalue weighted by Crippen LogP contribution is -2.49. The van der Waals surface area contributed by atoms with E-state index >= 15 is 0 Å². The lowest BCUT2D eigenvalue weighted by Gasteiger charge is -2.38. The quantitative estimate of drug-likeness (QED) is 0.203. The molecular weight excluding hydrogens is 580 g/mol. The standard InChI is InChI=1S/C36H46N6O4/c1-4-5-6-10-13-30(43)37-23-27-14-16-29(17-15-27)34-32-33(39-40(34)3)35(45)42(25-38-32)24-36(46)18-20-41(21-19-36)31(44)22-26(2)28-11-8-7-9-12-28/h7-9,11-12,14-17,25-26,46H,4-6,10,13,18-24H2,1-3H3,(H,37,43)/t26-/m1/s1. The number of unbranched alkanes of at least 4 members (excludes halogenated alkanes) is 3. The second-order valence-corrected chi connectivity index (χ2v) is 12.8. The highest BCUT2D eigenvalue weighted by molar-refractivity contribution is 5.89. The van der Waals surface area contributed by atoms with E-state index in [1.54, 1.807) is 11.7 Å². The Bertz CT molecular complexity index is 1690. The maximum Gasteiger partial charge on any atom is 0.281 e. The fraction of sp³-hybridized carbons (Fsp3) is 0.472. The highest BCUT2D eigenvalue weighted by Gasteiger charge is 2.35. The molecule has 2 aromatic heterocycles. The van der Waals surface area contributed by atoms with Gasteiger partial charge in [0.25, 0.3) is 5.56 Å². The first-order valence-electron chi connectivity index (χ1n) is 16.5. The van der Waals surface area contributed by atoms with Crippen LogP contribution in [0.4, 0.5) is 0 Å². The van der Waals surface area contributed by atoms with Crippen LogP contribution in [-0.2, 0) is 29.7 Å². The van der Waals surface area contributed by atoms with E-state index in [0.717, 1.165) is 48.1 Å². The van der Waals surface area contributed by atoms with Crippen molar-refractivity contribution in [3.8, 4) is 11.3 Å². The number of hydrogen-bond donors (Lipinski definition) is 2. The Balaban J connectivity index is 1.20. The number of hydrogen-bond acceptors (Lipinski definition) is 6. The summed E-state index contributed by atoms with van der Waals surface area (Å²) in [6, 6.07) is 17.8. The summed E-state index contributed by atoms with van der Waals surface area (Å²) in [4.78, 5) is 45.1. The first kappa shape index (κ1) is 33.1. The summed E-state index contributed by atoms with van der Waals surface area (Å²) in [6.07, 6.45) is 7.49. The summed E-state index contributed by atoms with van der Waals surface area (Å²) in [5.41, 5.74) is 3.01. The molecule has 5 rings (SSSR count). The number of nitrogens with one attached hydrogen (secondary N) is 1. The number of nitrogens with zero attached hydrogens (tertiary/aromatic N) is 5. The molecule has 0 saturated carbocycles. The van der Waals surface area contributed by atoms with Crippen molar-refractivity contribution in [3.63, 3.8) is 0 Å². The van der Waals surface area contributed by atoms with E-state index in [-0.39, 0.29) is 35.4 Å². The summed E-state index contributed by atoms with van der Waals surface area (Å²) in [7, 11) is 1.78. The van der Waals surface area contributed by atoms with Gasteiger partial charge < -0.3 is 15.3 Å². The van der Waals surface area contributed by atoms with Crippen molar-refractivity contribution in [3.05, 3.63) is 82.4 Å². The van der Waals surface area contributed by atoms with Gasteiger partial charge in [0.2, 0.25) is 11.8 Å². The number of piperidine rings is 1. The van der Waals surface area contributed by atoms with Gasteiger partial charge in [0, 0.05) is 45.1 Å². The van der Waals surface area contributed by atoms with Gasteiger partial charge in [-0.3, -0.25) is 23.6 Å². The molecule has 4 aromatic rings. The Morgan fingerprint density at radius 2 is 1.72 bits per heavy atom. The minimum absolute atomic E-state index is 0.0652. The number of carbonyl (C=O) groups excluding carboxylic acids is 2. The van der Waals surface area contributed by atoms with Crippen molar-refractivity contribution in [1.82, 2.24) is 29.5 Å². The predicted molar refractivity (Wildman–Crippen MR) is 179 cm³/mol. The molecule has 0 aliphatic carbocycles. The third kappa shape index (κ3) is 7.91. The number of aliphatic hydroxyl groups is 1. The van der Waals surface area contributed by atoms with Gasteiger partial charge in [0.05, 0.1) is 24.2 Å². The van der Waals surface area contributed by atoms with Crippen LogP contribution in [0.1, 0.15) is 82.3 Å². The second kappa shape index (κ2) is 14.9. The Morgan fingerprint density at radius 1 is 1.00 bits per heavy atom. The Morgan fingerprint density at radius 3 is 2.41 bits per heavy atom. The average Bonchev–Trinajstić information content (AvgIpc) is 3.40. The molecule has 2 aromatic carbocycles. The molecule has 10 heteroatoms. The minimum Gasteiger partial charge on any atom is -0.388 e. The maximum atomic E-state index is 13.5. The number of benzene rings is 2. The number of rotatable bonds is 13. The summed E-state index contributed by atoms with van der Waals surface area (Å²) < 4.78 is 3.09. The Kier molecular flexibility index (Phi) is 10.7. The van der Waals surface area contributed by atoms with Crippen LogP contribution in [0, 0.1) is 0 Å². The molecule has 0 unspecified atom stereocenters. The van der Waals surface area contributed by atoms with E-state index in [1.807, 2.05) is 59.5 Å². The number of aryl methyl sites for hydroxylation is 1. The lowest BCUT2D eigenvalue weighted by molar-refractivity contribution is -0.136. The molecule has 1 fully saturated rings. The zero-order chi connectivity index (χ0) is 32.7. The van der Waals surface area contributed by atoms with Gasteiger partial charge in [-0.25, -0.2) is 4.98 Å². The zero-order valence-electron chi connectivity index (χ0n) is 27.2. The monoisotopic (exact) mass is 626 g/mol. The lowest BCUT2D eigenvalue weighted by atomic mass is 9.90. The molecular formula is C36H46N6O4. The Labute approximate surface area is 270 Å². The van der Waals surface area contributed by atoms with Crippen LogP contribution in [0.3, 0.4) is 0 Å². The number of fused-ring (bicyclic) bond motifs is 1. The fourth-order valence-corrected chi connectivity index (χ4v) is 6.25. The highest BCUT2D eigenvalue weighted by Crippen LogP contribution is 2.28. The smallest absolute Gasteiger partial charge is 0.281 e. The maximum absolute atomic E-state index is 13.5. The Hall–Kier alpha value is -4.31. The summed E-state index contributed by atoms with van der Waals surface area (Å²) in [6.45, 7) is 5.63. The summed E-state index contributed by atoms with van der Waals surface area (Å²) in [5.74, 6) is 0.260. The molecule has 1 saturated heterocycles. The first-order valence-corrected chi connectivity index (χ1v) is 16.5. The van der Waals surface area contributed by atoms with Crippen molar-refractivity contribution in [2.24, 2.45) is 7.05 Å². The van der Waals surface area contributed by atoms with Crippen molar-refractivity contribution < 1.29 is 14.7 Å². The van der Waals surface area contributed by atoms with Crippen molar-refractivity contribution in [1.29, 1.82) is 0 Å². The second-order valence-electron chi connectivity index (χ2n) is 12.8. The first-order chi connectivity index (χ1) is 22.2. The highest BCUT2D eigenvalue weighted by atomic mass is 16.3. The van der Waals surface area contributed by atoms with Gasteiger partial charge in [-0.2, -0.15) is 5.10 Å². The third-order valence-electron chi connectivity index (χ3n) is 9.15. The van der Waals surface area contributed by atoms with Gasteiger partial charge in [0.15, 0.2) is 5.52 Å². The molecule has 0 spiro atoms. The van der Waals surface area contributed by atoms with Crippen LogP contribution in [0.2, 0.25) is 0 Å². The molecule has 3 heterocycles. The molecule has 46 heavy (non-hydrogen) atoms. The number of amides is 2. The largest absolute Gasteiger partial charge is 0.388 e. The number of likely N-dealkylation sites (tertiary alicyclic amines) is 1. The topological polar surface area (TPSA) is 122 Å². The van der Waals surface area contributed by atoms with E-state index in [1.165, 1.54) is 10.9 Å².